The number of amides is 2. The lowest BCUT2D eigenvalue weighted by molar-refractivity contribution is -0.148. The fourth-order valence-electron chi connectivity index (χ4n) is 2.97. The first-order valence-electron chi connectivity index (χ1n) is 10.3. The Morgan fingerprint density at radius 2 is 1.90 bits per heavy atom. The van der Waals surface area contributed by atoms with Crippen LogP contribution in [0.5, 0.6) is 5.75 Å². The van der Waals surface area contributed by atoms with Crippen LogP contribution in [-0.4, -0.2) is 55.0 Å². The highest BCUT2D eigenvalue weighted by Crippen LogP contribution is 2.23. The molecule has 1 aliphatic rings. The molecule has 1 aromatic rings. The number of carbonyl (C=O) groups is 3. The van der Waals surface area contributed by atoms with E-state index < -0.39 is 12.0 Å². The summed E-state index contributed by atoms with van der Waals surface area (Å²) in [6.07, 6.45) is 0.594. The van der Waals surface area contributed by atoms with Crippen LogP contribution in [0.25, 0.3) is 0 Å². The largest absolute Gasteiger partial charge is 0.492 e. The number of esters is 1. The first-order chi connectivity index (χ1) is 13.8. The van der Waals surface area contributed by atoms with Gasteiger partial charge in [0.05, 0.1) is 25.2 Å². The molecule has 0 spiro atoms. The zero-order valence-corrected chi connectivity index (χ0v) is 17.8. The van der Waals surface area contributed by atoms with Crippen molar-refractivity contribution in [1.82, 2.24) is 10.2 Å². The van der Waals surface area contributed by atoms with Crippen LogP contribution in [0.2, 0.25) is 0 Å². The highest BCUT2D eigenvalue weighted by atomic mass is 16.5. The number of ether oxygens (including phenoxy) is 2. The number of rotatable bonds is 9. The third-order valence-corrected chi connectivity index (χ3v) is 4.60. The second kappa shape index (κ2) is 10.8. The van der Waals surface area contributed by atoms with E-state index in [4.69, 9.17) is 9.47 Å². The first kappa shape index (κ1) is 22.7. The van der Waals surface area contributed by atoms with E-state index in [2.05, 4.69) is 5.32 Å². The standard InChI is InChI=1S/C22H32N2O5/c1-15(2)9-12-28-20(25)13-18-21(26)23-10-11-24(18)22(27)17-7-5-6-8-19(17)29-14-16(3)4/h5-8,15-16,18H,9-14H2,1-4H3,(H,23,26). The van der Waals surface area contributed by atoms with Crippen molar-refractivity contribution < 1.29 is 23.9 Å². The summed E-state index contributed by atoms with van der Waals surface area (Å²) < 4.78 is 11.0. The summed E-state index contributed by atoms with van der Waals surface area (Å²) in [6, 6.07) is 6.10. The Balaban J connectivity index is 2.12. The number of benzene rings is 1. The number of piperazine rings is 1. The molecule has 1 unspecified atom stereocenters. The van der Waals surface area contributed by atoms with E-state index in [1.54, 1.807) is 24.3 Å². The summed E-state index contributed by atoms with van der Waals surface area (Å²) in [5.74, 6) is 0.0731. The SMILES string of the molecule is CC(C)CCOC(=O)CC1C(=O)NCCN1C(=O)c1ccccc1OCC(C)C. The zero-order valence-electron chi connectivity index (χ0n) is 17.8. The number of carbonyl (C=O) groups excluding carboxylic acids is 3. The molecular formula is C22H32N2O5. The van der Waals surface area contributed by atoms with Crippen molar-refractivity contribution >= 4 is 17.8 Å². The van der Waals surface area contributed by atoms with Crippen LogP contribution in [0.4, 0.5) is 0 Å². The maximum absolute atomic E-state index is 13.2. The van der Waals surface area contributed by atoms with Crippen LogP contribution >= 0.6 is 0 Å². The van der Waals surface area contributed by atoms with Crippen molar-refractivity contribution in [2.75, 3.05) is 26.3 Å². The molecule has 2 amide bonds. The van der Waals surface area contributed by atoms with Crippen LogP contribution in [0.3, 0.4) is 0 Å². The highest BCUT2D eigenvalue weighted by molar-refractivity contribution is 6.01. The minimum absolute atomic E-state index is 0.162. The number of hydrogen-bond donors (Lipinski definition) is 1. The molecule has 0 radical (unpaired) electrons. The van der Waals surface area contributed by atoms with E-state index in [0.29, 0.717) is 49.5 Å². The molecule has 1 saturated heterocycles. The number of nitrogens with one attached hydrogen (secondary N) is 1. The number of hydrogen-bond acceptors (Lipinski definition) is 5. The molecule has 0 aliphatic carbocycles. The second-order valence-corrected chi connectivity index (χ2v) is 8.11. The molecule has 1 heterocycles. The molecule has 0 aromatic heterocycles. The van der Waals surface area contributed by atoms with Crippen LogP contribution in [-0.2, 0) is 14.3 Å². The van der Waals surface area contributed by atoms with Gasteiger partial charge in [-0.3, -0.25) is 14.4 Å². The summed E-state index contributed by atoms with van der Waals surface area (Å²) >= 11 is 0. The molecule has 160 valence electrons. The second-order valence-electron chi connectivity index (χ2n) is 8.11. The molecule has 7 nitrogen and oxygen atoms in total. The van der Waals surface area contributed by atoms with Crippen molar-refractivity contribution in [3.05, 3.63) is 29.8 Å². The fraction of sp³-hybridized carbons (Fsp3) is 0.591. The van der Waals surface area contributed by atoms with Crippen molar-refractivity contribution in [3.8, 4) is 5.75 Å². The molecule has 1 atom stereocenters. The maximum Gasteiger partial charge on any atom is 0.308 e. The lowest BCUT2D eigenvalue weighted by Crippen LogP contribution is -2.57. The minimum atomic E-state index is -0.888. The smallest absolute Gasteiger partial charge is 0.308 e. The molecule has 1 fully saturated rings. The van der Waals surface area contributed by atoms with Gasteiger partial charge in [-0.05, 0) is 30.4 Å². The van der Waals surface area contributed by atoms with Crippen molar-refractivity contribution in [3.63, 3.8) is 0 Å². The van der Waals surface area contributed by atoms with Gasteiger partial charge in [0, 0.05) is 13.1 Å². The minimum Gasteiger partial charge on any atom is -0.492 e. The van der Waals surface area contributed by atoms with E-state index >= 15 is 0 Å². The predicted octanol–water partition coefficient (Wildman–Crippen LogP) is 2.64. The normalized spacial score (nSPS) is 16.7. The van der Waals surface area contributed by atoms with Crippen LogP contribution < -0.4 is 10.1 Å². The van der Waals surface area contributed by atoms with Crippen molar-refractivity contribution in [2.45, 2.75) is 46.6 Å². The molecule has 0 bridgehead atoms. The Labute approximate surface area is 172 Å². The molecule has 1 aliphatic heterocycles. The molecule has 0 saturated carbocycles. The van der Waals surface area contributed by atoms with E-state index in [9.17, 15) is 14.4 Å². The maximum atomic E-state index is 13.2. The average Bonchev–Trinajstić information content (AvgIpc) is 2.67. The molecule has 1 N–H and O–H groups in total. The Kier molecular flexibility index (Phi) is 8.49. The van der Waals surface area contributed by atoms with Gasteiger partial charge in [-0.15, -0.1) is 0 Å². The van der Waals surface area contributed by atoms with E-state index in [0.717, 1.165) is 6.42 Å². The van der Waals surface area contributed by atoms with Crippen LogP contribution in [0.15, 0.2) is 24.3 Å². The van der Waals surface area contributed by atoms with Gasteiger partial charge in [-0.25, -0.2) is 0 Å². The Morgan fingerprint density at radius 3 is 2.59 bits per heavy atom. The highest BCUT2D eigenvalue weighted by Gasteiger charge is 2.36. The Morgan fingerprint density at radius 1 is 1.17 bits per heavy atom. The van der Waals surface area contributed by atoms with Gasteiger partial charge in [-0.1, -0.05) is 39.8 Å². The van der Waals surface area contributed by atoms with E-state index in [-0.39, 0.29) is 18.2 Å². The quantitative estimate of drug-likeness (QED) is 0.640. The van der Waals surface area contributed by atoms with Crippen LogP contribution in [0, 0.1) is 11.8 Å². The van der Waals surface area contributed by atoms with Gasteiger partial charge in [0.25, 0.3) is 5.91 Å². The average molecular weight is 405 g/mol. The van der Waals surface area contributed by atoms with Crippen molar-refractivity contribution in [1.29, 1.82) is 0 Å². The van der Waals surface area contributed by atoms with Gasteiger partial charge >= 0.3 is 5.97 Å². The van der Waals surface area contributed by atoms with E-state index in [1.165, 1.54) is 4.90 Å². The molecular weight excluding hydrogens is 372 g/mol. The van der Waals surface area contributed by atoms with Gasteiger partial charge in [-0.2, -0.15) is 0 Å². The first-order valence-corrected chi connectivity index (χ1v) is 10.3. The molecule has 2 rings (SSSR count). The third kappa shape index (κ3) is 6.76. The van der Waals surface area contributed by atoms with Gasteiger partial charge in [0.2, 0.25) is 5.91 Å². The van der Waals surface area contributed by atoms with Crippen molar-refractivity contribution in [2.24, 2.45) is 11.8 Å². The number of para-hydroxylation sites is 1. The number of nitrogens with zero attached hydrogens (tertiary/aromatic N) is 1. The summed E-state index contributed by atoms with van der Waals surface area (Å²) in [6.45, 7) is 9.61. The van der Waals surface area contributed by atoms with Gasteiger partial charge in [0.15, 0.2) is 0 Å². The predicted molar refractivity (Wildman–Crippen MR) is 110 cm³/mol. The van der Waals surface area contributed by atoms with Gasteiger partial charge < -0.3 is 19.7 Å². The third-order valence-electron chi connectivity index (χ3n) is 4.60. The monoisotopic (exact) mass is 404 g/mol. The molecule has 7 heteroatoms. The lowest BCUT2D eigenvalue weighted by atomic mass is 10.1. The summed E-state index contributed by atoms with van der Waals surface area (Å²) in [5.41, 5.74) is 0.390. The van der Waals surface area contributed by atoms with Gasteiger partial charge in [0.1, 0.15) is 11.8 Å². The summed E-state index contributed by atoms with van der Waals surface area (Å²) in [4.78, 5) is 39.3. The fourth-order valence-corrected chi connectivity index (χ4v) is 2.97. The van der Waals surface area contributed by atoms with Crippen LogP contribution in [0.1, 0.15) is 50.9 Å². The lowest BCUT2D eigenvalue weighted by Gasteiger charge is -2.35. The summed E-state index contributed by atoms with van der Waals surface area (Å²) in [5, 5.41) is 2.73. The van der Waals surface area contributed by atoms with E-state index in [1.807, 2.05) is 27.7 Å². The Bertz CT molecular complexity index is 717. The zero-order chi connectivity index (χ0) is 21.4. The topological polar surface area (TPSA) is 84.9 Å². The molecule has 29 heavy (non-hydrogen) atoms. The molecule has 1 aromatic carbocycles. The Hall–Kier alpha value is -2.57. The summed E-state index contributed by atoms with van der Waals surface area (Å²) in [7, 11) is 0.